The van der Waals surface area contributed by atoms with Crippen LogP contribution in [0.25, 0.3) is 0 Å². The molecule has 6 heteroatoms. The summed E-state index contributed by atoms with van der Waals surface area (Å²) in [6.07, 6.45) is -4.30. The van der Waals surface area contributed by atoms with Crippen LogP contribution in [0.5, 0.6) is 0 Å². The average Bonchev–Trinajstić information content (AvgIpc) is 2.83. The highest BCUT2D eigenvalue weighted by molar-refractivity contribution is 9.10. The van der Waals surface area contributed by atoms with E-state index in [4.69, 9.17) is 0 Å². The predicted molar refractivity (Wildman–Crippen MR) is 74.0 cm³/mol. The van der Waals surface area contributed by atoms with Crippen LogP contribution in [-0.2, 0) is 19.3 Å². The van der Waals surface area contributed by atoms with E-state index in [1.807, 2.05) is 17.5 Å². The Hall–Kier alpha value is -0.850. The largest absolute Gasteiger partial charge is 0.416 e. The van der Waals surface area contributed by atoms with E-state index >= 15 is 0 Å². The van der Waals surface area contributed by atoms with E-state index in [1.165, 1.54) is 12.1 Å². The lowest BCUT2D eigenvalue weighted by molar-refractivity contribution is -0.137. The molecule has 2 rings (SSSR count). The van der Waals surface area contributed by atoms with Crippen LogP contribution < -0.4 is 5.32 Å². The lowest BCUT2D eigenvalue weighted by Crippen LogP contribution is -2.13. The van der Waals surface area contributed by atoms with Crippen LogP contribution in [0.2, 0.25) is 0 Å². The van der Waals surface area contributed by atoms with E-state index in [0.29, 0.717) is 23.1 Å². The molecular formula is C13H11BrF3NS. The summed E-state index contributed by atoms with van der Waals surface area (Å²) in [6.45, 7) is 1.04. The topological polar surface area (TPSA) is 12.0 Å². The molecule has 1 nitrogen and oxygen atoms in total. The number of hydrogen-bond acceptors (Lipinski definition) is 2. The number of thiophene rings is 1. The van der Waals surface area contributed by atoms with Crippen molar-refractivity contribution >= 4 is 27.3 Å². The summed E-state index contributed by atoms with van der Waals surface area (Å²) in [5.74, 6) is 0. The van der Waals surface area contributed by atoms with E-state index in [1.54, 1.807) is 11.3 Å². The Bertz CT molecular complexity index is 537. The Morgan fingerprint density at radius 3 is 2.58 bits per heavy atom. The maximum Gasteiger partial charge on any atom is 0.416 e. The minimum Gasteiger partial charge on any atom is -0.308 e. The van der Waals surface area contributed by atoms with Crippen LogP contribution in [0.3, 0.4) is 0 Å². The second-order valence-corrected chi connectivity index (χ2v) is 5.87. The third-order valence-electron chi connectivity index (χ3n) is 2.57. The molecule has 2 aromatic rings. The predicted octanol–water partition coefficient (Wildman–Crippen LogP) is 4.82. The van der Waals surface area contributed by atoms with Gasteiger partial charge in [-0.1, -0.05) is 22.0 Å². The van der Waals surface area contributed by atoms with Gasteiger partial charge in [0.15, 0.2) is 0 Å². The van der Waals surface area contributed by atoms with Crippen LogP contribution in [0.15, 0.2) is 40.2 Å². The first-order valence-electron chi connectivity index (χ1n) is 5.55. The van der Waals surface area contributed by atoms with Gasteiger partial charge in [-0.15, -0.1) is 11.3 Å². The molecule has 102 valence electrons. The molecule has 0 unspecified atom stereocenters. The first kappa shape index (κ1) is 14.6. The van der Waals surface area contributed by atoms with Crippen LogP contribution in [0.1, 0.15) is 16.0 Å². The molecule has 0 atom stereocenters. The van der Waals surface area contributed by atoms with Crippen molar-refractivity contribution in [2.75, 3.05) is 0 Å². The van der Waals surface area contributed by atoms with Crippen LogP contribution in [0, 0.1) is 0 Å². The number of halogens is 4. The lowest BCUT2D eigenvalue weighted by atomic mass is 10.1. The molecule has 0 saturated heterocycles. The van der Waals surface area contributed by atoms with Crippen molar-refractivity contribution in [2.24, 2.45) is 0 Å². The first-order chi connectivity index (χ1) is 8.97. The molecule has 19 heavy (non-hydrogen) atoms. The van der Waals surface area contributed by atoms with Crippen molar-refractivity contribution in [1.82, 2.24) is 5.32 Å². The zero-order chi connectivity index (χ0) is 13.9. The molecule has 0 radical (unpaired) electrons. The second kappa shape index (κ2) is 6.07. The van der Waals surface area contributed by atoms with Gasteiger partial charge >= 0.3 is 6.18 Å². The molecule has 0 fully saturated rings. The Balaban J connectivity index is 2.03. The van der Waals surface area contributed by atoms with Gasteiger partial charge in [0, 0.05) is 22.4 Å². The van der Waals surface area contributed by atoms with E-state index < -0.39 is 11.7 Å². The van der Waals surface area contributed by atoms with Gasteiger partial charge in [-0.3, -0.25) is 0 Å². The summed E-state index contributed by atoms with van der Waals surface area (Å²) < 4.78 is 38.5. The monoisotopic (exact) mass is 349 g/mol. The number of alkyl halides is 3. The van der Waals surface area contributed by atoms with E-state index in [2.05, 4.69) is 21.2 Å². The summed E-state index contributed by atoms with van der Waals surface area (Å²) in [5.41, 5.74) is -0.0185. The molecule has 0 saturated carbocycles. The third-order valence-corrected chi connectivity index (χ3v) is 4.22. The van der Waals surface area contributed by atoms with Gasteiger partial charge in [-0.25, -0.2) is 0 Å². The molecule has 1 N–H and O–H groups in total. The zero-order valence-corrected chi connectivity index (χ0v) is 12.2. The van der Waals surface area contributed by atoms with Gasteiger partial charge in [-0.2, -0.15) is 13.2 Å². The van der Waals surface area contributed by atoms with Crippen LogP contribution >= 0.6 is 27.3 Å². The minimum atomic E-state index is -4.30. The Morgan fingerprint density at radius 2 is 1.95 bits per heavy atom. The van der Waals surface area contributed by atoms with Crippen LogP contribution in [-0.4, -0.2) is 0 Å². The van der Waals surface area contributed by atoms with Gasteiger partial charge in [0.2, 0.25) is 0 Å². The highest BCUT2D eigenvalue weighted by atomic mass is 79.9. The van der Waals surface area contributed by atoms with Gasteiger partial charge in [0.25, 0.3) is 0 Å². The van der Waals surface area contributed by atoms with Gasteiger partial charge < -0.3 is 5.32 Å². The number of benzene rings is 1. The molecule has 1 heterocycles. The van der Waals surface area contributed by atoms with E-state index in [0.717, 1.165) is 10.9 Å². The molecule has 0 aliphatic heterocycles. The molecule has 0 aliphatic rings. The lowest BCUT2D eigenvalue weighted by Gasteiger charge is -2.11. The average molecular weight is 350 g/mol. The molecule has 0 spiro atoms. The maximum absolute atomic E-state index is 12.6. The molecular weight excluding hydrogens is 339 g/mol. The van der Waals surface area contributed by atoms with Crippen molar-refractivity contribution in [1.29, 1.82) is 0 Å². The molecule has 0 amide bonds. The van der Waals surface area contributed by atoms with E-state index in [9.17, 15) is 13.2 Å². The van der Waals surface area contributed by atoms with Gasteiger partial charge in [-0.05, 0) is 35.2 Å². The van der Waals surface area contributed by atoms with Crippen molar-refractivity contribution < 1.29 is 13.2 Å². The first-order valence-corrected chi connectivity index (χ1v) is 7.23. The second-order valence-electron chi connectivity index (χ2n) is 3.99. The third kappa shape index (κ3) is 4.06. The number of rotatable bonds is 4. The Labute approximate surface area is 121 Å². The minimum absolute atomic E-state index is 0.391. The van der Waals surface area contributed by atoms with E-state index in [-0.39, 0.29) is 0 Å². The normalized spacial score (nSPS) is 11.8. The Kier molecular flexibility index (Phi) is 4.65. The number of hydrogen-bond donors (Lipinski definition) is 1. The zero-order valence-electron chi connectivity index (χ0n) is 9.80. The van der Waals surface area contributed by atoms with Gasteiger partial charge in [0.05, 0.1) is 5.56 Å². The maximum atomic E-state index is 12.6. The summed E-state index contributed by atoms with van der Waals surface area (Å²) >= 11 is 4.89. The SMILES string of the molecule is FC(F)(F)c1ccc(Br)c(CNCc2cccs2)c1. The number of nitrogens with one attached hydrogen (secondary N) is 1. The van der Waals surface area contributed by atoms with Gasteiger partial charge in [0.1, 0.15) is 0 Å². The van der Waals surface area contributed by atoms with Crippen molar-refractivity contribution in [3.8, 4) is 0 Å². The molecule has 0 bridgehead atoms. The molecule has 1 aromatic heterocycles. The standard InChI is InChI=1S/C13H11BrF3NS/c14-12-4-3-10(13(15,16)17)6-9(12)7-18-8-11-2-1-5-19-11/h1-6,18H,7-8H2. The summed E-state index contributed by atoms with van der Waals surface area (Å²) in [4.78, 5) is 1.16. The fourth-order valence-electron chi connectivity index (χ4n) is 1.62. The summed E-state index contributed by atoms with van der Waals surface area (Å²) in [6, 6.07) is 7.62. The fraction of sp³-hybridized carbons (Fsp3) is 0.231. The highest BCUT2D eigenvalue weighted by Crippen LogP contribution is 2.31. The Morgan fingerprint density at radius 1 is 1.16 bits per heavy atom. The molecule has 0 aliphatic carbocycles. The van der Waals surface area contributed by atoms with Crippen LogP contribution in [0.4, 0.5) is 13.2 Å². The highest BCUT2D eigenvalue weighted by Gasteiger charge is 2.30. The van der Waals surface area contributed by atoms with Crippen molar-refractivity contribution in [3.63, 3.8) is 0 Å². The summed E-state index contributed by atoms with van der Waals surface area (Å²) in [5, 5.41) is 5.11. The van der Waals surface area contributed by atoms with Crippen molar-refractivity contribution in [3.05, 3.63) is 56.2 Å². The van der Waals surface area contributed by atoms with Crippen molar-refractivity contribution in [2.45, 2.75) is 19.3 Å². The molecule has 1 aromatic carbocycles. The summed E-state index contributed by atoms with van der Waals surface area (Å²) in [7, 11) is 0. The quantitative estimate of drug-likeness (QED) is 0.834. The smallest absolute Gasteiger partial charge is 0.308 e. The fourth-order valence-corrected chi connectivity index (χ4v) is 2.68.